The highest BCUT2D eigenvalue weighted by atomic mass is 16.3. The van der Waals surface area contributed by atoms with Crippen LogP contribution < -0.4 is 5.32 Å². The first kappa shape index (κ1) is 14.8. The van der Waals surface area contributed by atoms with Gasteiger partial charge in [0.2, 0.25) is 5.91 Å². The summed E-state index contributed by atoms with van der Waals surface area (Å²) in [5.41, 5.74) is 3.52. The average molecular weight is 299 g/mol. The summed E-state index contributed by atoms with van der Waals surface area (Å²) < 4.78 is 1.62. The highest BCUT2D eigenvalue weighted by Crippen LogP contribution is 2.29. The second-order valence-corrected chi connectivity index (χ2v) is 5.73. The van der Waals surface area contributed by atoms with E-state index >= 15 is 0 Å². The number of aliphatic hydroxyl groups is 1. The van der Waals surface area contributed by atoms with Crippen molar-refractivity contribution >= 4 is 5.91 Å². The number of fused-ring (bicyclic) bond motifs is 1. The molecule has 1 amide bonds. The number of benzene rings is 1. The molecule has 5 nitrogen and oxygen atoms in total. The molecule has 0 spiro atoms. The van der Waals surface area contributed by atoms with Gasteiger partial charge in [-0.2, -0.15) is 5.10 Å². The molecule has 1 aromatic heterocycles. The number of carbonyl (C=O) groups excluding carboxylic acids is 1. The normalized spacial score (nSPS) is 17.0. The SMILES string of the molecule is O=C(Cn1cc(CCO)cn1)N[C@@H]1CCCc2ccccc21. The van der Waals surface area contributed by atoms with Gasteiger partial charge in [0, 0.05) is 12.8 Å². The molecule has 3 rings (SSSR count). The number of hydrogen-bond acceptors (Lipinski definition) is 3. The number of aliphatic hydroxyl groups excluding tert-OH is 1. The van der Waals surface area contributed by atoms with Gasteiger partial charge in [0.05, 0.1) is 12.2 Å². The van der Waals surface area contributed by atoms with Crippen LogP contribution in [0.5, 0.6) is 0 Å². The van der Waals surface area contributed by atoms with Crippen molar-refractivity contribution in [3.8, 4) is 0 Å². The van der Waals surface area contributed by atoms with Gasteiger partial charge in [-0.1, -0.05) is 24.3 Å². The van der Waals surface area contributed by atoms with Crippen LogP contribution in [0.4, 0.5) is 0 Å². The minimum Gasteiger partial charge on any atom is -0.396 e. The Labute approximate surface area is 130 Å². The first-order valence-electron chi connectivity index (χ1n) is 7.75. The van der Waals surface area contributed by atoms with E-state index in [1.807, 2.05) is 12.3 Å². The predicted octanol–water partition coefficient (Wildman–Crippen LogP) is 1.61. The van der Waals surface area contributed by atoms with Gasteiger partial charge in [-0.25, -0.2) is 0 Å². The van der Waals surface area contributed by atoms with E-state index in [-0.39, 0.29) is 25.1 Å². The predicted molar refractivity (Wildman–Crippen MR) is 83.3 cm³/mol. The molecule has 1 heterocycles. The van der Waals surface area contributed by atoms with E-state index in [0.717, 1.165) is 24.8 Å². The van der Waals surface area contributed by atoms with Crippen molar-refractivity contribution in [1.82, 2.24) is 15.1 Å². The van der Waals surface area contributed by atoms with E-state index in [9.17, 15) is 4.79 Å². The molecule has 0 aliphatic heterocycles. The molecule has 0 saturated heterocycles. The van der Waals surface area contributed by atoms with Crippen LogP contribution >= 0.6 is 0 Å². The molecule has 0 unspecified atom stereocenters. The fourth-order valence-electron chi connectivity index (χ4n) is 3.04. The highest BCUT2D eigenvalue weighted by Gasteiger charge is 2.21. The summed E-state index contributed by atoms with van der Waals surface area (Å²) in [5, 5.41) is 16.2. The van der Waals surface area contributed by atoms with Crippen molar-refractivity contribution in [1.29, 1.82) is 0 Å². The highest BCUT2D eigenvalue weighted by molar-refractivity contribution is 5.76. The Hall–Kier alpha value is -2.14. The second kappa shape index (κ2) is 6.75. The van der Waals surface area contributed by atoms with Gasteiger partial charge in [-0.3, -0.25) is 9.48 Å². The number of aromatic nitrogens is 2. The Kier molecular flexibility index (Phi) is 4.53. The van der Waals surface area contributed by atoms with Crippen LogP contribution in [0.25, 0.3) is 0 Å². The standard InChI is InChI=1S/C17H21N3O2/c21-9-8-13-10-18-20(11-13)12-17(22)19-16-7-3-5-14-4-1-2-6-15(14)16/h1-2,4,6,10-11,16,21H,3,5,7-9,12H2,(H,19,22)/t16-/m1/s1. The quantitative estimate of drug-likeness (QED) is 0.881. The van der Waals surface area contributed by atoms with Crippen molar-refractivity contribution in [2.75, 3.05) is 6.61 Å². The zero-order chi connectivity index (χ0) is 15.4. The smallest absolute Gasteiger partial charge is 0.242 e. The molecule has 5 heteroatoms. The van der Waals surface area contributed by atoms with Crippen molar-refractivity contribution < 1.29 is 9.90 Å². The fraction of sp³-hybridized carbons (Fsp3) is 0.412. The molecule has 1 atom stereocenters. The molecule has 1 aliphatic rings. The lowest BCUT2D eigenvalue weighted by Gasteiger charge is -2.26. The van der Waals surface area contributed by atoms with Crippen molar-refractivity contribution in [3.05, 3.63) is 53.3 Å². The third kappa shape index (κ3) is 3.36. The minimum atomic E-state index is -0.0275. The Bertz CT molecular complexity index is 651. The summed E-state index contributed by atoms with van der Waals surface area (Å²) in [7, 11) is 0. The van der Waals surface area contributed by atoms with Gasteiger partial charge in [0.1, 0.15) is 6.54 Å². The van der Waals surface area contributed by atoms with Gasteiger partial charge in [0.25, 0.3) is 0 Å². The number of nitrogens with one attached hydrogen (secondary N) is 1. The third-order valence-electron chi connectivity index (χ3n) is 4.10. The molecule has 0 fully saturated rings. The van der Waals surface area contributed by atoms with Crippen LogP contribution in [0, 0.1) is 0 Å². The van der Waals surface area contributed by atoms with Gasteiger partial charge >= 0.3 is 0 Å². The van der Waals surface area contributed by atoms with Crippen LogP contribution in [0.2, 0.25) is 0 Å². The summed E-state index contributed by atoms with van der Waals surface area (Å²) in [6, 6.07) is 8.42. The first-order valence-corrected chi connectivity index (χ1v) is 7.75. The van der Waals surface area contributed by atoms with Crippen LogP contribution in [0.3, 0.4) is 0 Å². The van der Waals surface area contributed by atoms with Crippen molar-refractivity contribution in [3.63, 3.8) is 0 Å². The van der Waals surface area contributed by atoms with Crippen LogP contribution in [0.1, 0.15) is 35.6 Å². The maximum absolute atomic E-state index is 12.2. The van der Waals surface area contributed by atoms with Gasteiger partial charge < -0.3 is 10.4 Å². The molecule has 0 bridgehead atoms. The van der Waals surface area contributed by atoms with Gasteiger partial charge in [0.15, 0.2) is 0 Å². The molecular formula is C17H21N3O2. The number of rotatable bonds is 5. The minimum absolute atomic E-state index is 0.0275. The molecule has 22 heavy (non-hydrogen) atoms. The molecule has 116 valence electrons. The van der Waals surface area contributed by atoms with E-state index in [1.165, 1.54) is 11.1 Å². The molecule has 2 N–H and O–H groups in total. The molecule has 0 saturated carbocycles. The number of carbonyl (C=O) groups is 1. The second-order valence-electron chi connectivity index (χ2n) is 5.73. The topological polar surface area (TPSA) is 67.2 Å². The maximum Gasteiger partial charge on any atom is 0.242 e. The van der Waals surface area contributed by atoms with Gasteiger partial charge in [-0.05, 0) is 42.4 Å². The molecule has 1 aliphatic carbocycles. The van der Waals surface area contributed by atoms with E-state index in [4.69, 9.17) is 5.11 Å². The Balaban J connectivity index is 1.62. The molecule has 1 aromatic carbocycles. The maximum atomic E-state index is 12.2. The lowest BCUT2D eigenvalue weighted by atomic mass is 9.88. The average Bonchev–Trinajstić information content (AvgIpc) is 2.95. The molecule has 2 aromatic rings. The van der Waals surface area contributed by atoms with E-state index in [1.54, 1.807) is 10.9 Å². The third-order valence-corrected chi connectivity index (χ3v) is 4.10. The zero-order valence-electron chi connectivity index (χ0n) is 12.5. The zero-order valence-corrected chi connectivity index (χ0v) is 12.5. The summed E-state index contributed by atoms with van der Waals surface area (Å²) in [4.78, 5) is 12.2. The number of aryl methyl sites for hydroxylation is 1. The number of amides is 1. The Morgan fingerprint density at radius 1 is 1.41 bits per heavy atom. The van der Waals surface area contributed by atoms with Crippen LogP contribution in [-0.2, 0) is 24.2 Å². The van der Waals surface area contributed by atoms with E-state index in [0.29, 0.717) is 6.42 Å². The van der Waals surface area contributed by atoms with Crippen LogP contribution in [-0.4, -0.2) is 27.4 Å². The Morgan fingerprint density at radius 2 is 2.27 bits per heavy atom. The Morgan fingerprint density at radius 3 is 3.14 bits per heavy atom. The largest absolute Gasteiger partial charge is 0.396 e. The van der Waals surface area contributed by atoms with E-state index in [2.05, 4.69) is 28.6 Å². The van der Waals surface area contributed by atoms with Crippen molar-refractivity contribution in [2.45, 2.75) is 38.3 Å². The number of nitrogens with zero attached hydrogens (tertiary/aromatic N) is 2. The summed E-state index contributed by atoms with van der Waals surface area (Å²) in [5.74, 6) is -0.0275. The molecule has 0 radical (unpaired) electrons. The van der Waals surface area contributed by atoms with Crippen LogP contribution in [0.15, 0.2) is 36.7 Å². The lowest BCUT2D eigenvalue weighted by molar-refractivity contribution is -0.122. The molecular weight excluding hydrogens is 278 g/mol. The monoisotopic (exact) mass is 299 g/mol. The fourth-order valence-corrected chi connectivity index (χ4v) is 3.04. The van der Waals surface area contributed by atoms with E-state index < -0.39 is 0 Å². The van der Waals surface area contributed by atoms with Crippen molar-refractivity contribution in [2.24, 2.45) is 0 Å². The summed E-state index contributed by atoms with van der Waals surface area (Å²) >= 11 is 0. The van der Waals surface area contributed by atoms with Gasteiger partial charge in [-0.15, -0.1) is 0 Å². The number of hydrogen-bond donors (Lipinski definition) is 2. The lowest BCUT2D eigenvalue weighted by Crippen LogP contribution is -2.33. The first-order chi connectivity index (χ1) is 10.8. The summed E-state index contributed by atoms with van der Waals surface area (Å²) in [6.07, 6.45) is 7.25. The summed E-state index contributed by atoms with van der Waals surface area (Å²) in [6.45, 7) is 0.306.